The first-order valence-electron chi connectivity index (χ1n) is 36.7. The van der Waals surface area contributed by atoms with Gasteiger partial charge in [0, 0.05) is 17.5 Å². The van der Waals surface area contributed by atoms with Crippen molar-refractivity contribution in [2.24, 2.45) is 0 Å². The van der Waals surface area contributed by atoms with E-state index < -0.39 is 34.4 Å². The number of ether oxygens (including phenoxy) is 1. The summed E-state index contributed by atoms with van der Waals surface area (Å²) in [6.45, 7) is 41.0. The summed E-state index contributed by atoms with van der Waals surface area (Å²) in [6, 6.07) is 92.0. The van der Waals surface area contributed by atoms with E-state index in [1.54, 1.807) is 26.0 Å². The van der Waals surface area contributed by atoms with Gasteiger partial charge in [0.05, 0.1) is 6.61 Å². The number of halogens is 5. The van der Waals surface area contributed by atoms with Crippen LogP contribution in [0.1, 0.15) is 126 Å². The van der Waals surface area contributed by atoms with Crippen LogP contribution in [0.15, 0.2) is 261 Å². The van der Waals surface area contributed by atoms with Gasteiger partial charge >= 0.3 is 0 Å². The molecule has 0 fully saturated rings. The van der Waals surface area contributed by atoms with Crippen molar-refractivity contribution in [2.45, 2.75) is 150 Å². The lowest BCUT2D eigenvalue weighted by atomic mass is 9.85. The third-order valence-corrected chi connectivity index (χ3v) is 18.6. The maximum absolute atomic E-state index is 12.7. The first-order valence-corrected chi connectivity index (χ1v) is 36.7. The second kappa shape index (κ2) is 39.6. The smallest absolute Gasteiger partial charge is 0.165 e. The van der Waals surface area contributed by atoms with Crippen molar-refractivity contribution in [1.82, 2.24) is 0 Å². The molecular formula is C101H107F5O. The summed E-state index contributed by atoms with van der Waals surface area (Å²) in [6.07, 6.45) is 1.08. The molecule has 6 heteroatoms. The molecule has 0 N–H and O–H groups in total. The highest BCUT2D eigenvalue weighted by atomic mass is 19.2. The van der Waals surface area contributed by atoms with Crippen LogP contribution in [-0.2, 0) is 11.8 Å². The Balaban J connectivity index is 0.000000174. The van der Waals surface area contributed by atoms with E-state index in [2.05, 4.69) is 347 Å². The highest BCUT2D eigenvalue weighted by Crippen LogP contribution is 2.35. The second-order valence-electron chi connectivity index (χ2n) is 29.4. The van der Waals surface area contributed by atoms with E-state index >= 15 is 0 Å². The molecule has 0 saturated carbocycles. The fourth-order valence-electron chi connectivity index (χ4n) is 12.8. The molecular weight excluding hydrogens is 1320 g/mol. The van der Waals surface area contributed by atoms with Crippen LogP contribution in [0, 0.1) is 147 Å². The van der Waals surface area contributed by atoms with Gasteiger partial charge in [-0.25, -0.2) is 22.0 Å². The van der Waals surface area contributed by atoms with Gasteiger partial charge in [0.1, 0.15) is 11.6 Å². The Morgan fingerprint density at radius 3 is 0.944 bits per heavy atom. The molecule has 0 saturated heterocycles. The lowest BCUT2D eigenvalue weighted by molar-refractivity contribution is 0.354. The predicted octanol–water partition coefficient (Wildman–Crippen LogP) is 29.0. The molecule has 0 spiro atoms. The van der Waals surface area contributed by atoms with Crippen LogP contribution in [0.25, 0.3) is 55.6 Å². The minimum absolute atomic E-state index is 0.0856. The highest BCUT2D eigenvalue weighted by molar-refractivity contribution is 5.84. The molecule has 0 aromatic heterocycles. The standard InChI is InChI=1S/2C20H18.C14H14.C12H18.C10H12O.C9H12.C8H6F4.C8H9F/c1-15-12-16(2)14-18(13-15)20-11-7-6-10-19(20)17-8-4-3-5-9-17;1-15-11-16(2)13-20(12-15)19-10-6-9-18(14-19)17-7-4-3-5-8-17;1-11-8-12(2)10-14(9-11)13-6-4-3-5-7-13;1-9-6-10(2)8-11(7-9)12(3,4)5;1-7-5-8(2)10-9(6-7)3-4-11-10;1-7-5-4-6-8(2)9(7)3;1-3-5(9)7(11)4(2)8(12)6(3)10;1-6-4-3-5-7(2)8(6)9/h2*3-14H,1-2H3;3-10H,1-2H3;6-8H,1-5H3;5-6H,3-4H2,1-2H3;4-6H,1-3H3;1-2H3;3-5H,1-2H3. The molecule has 0 amide bonds. The molecule has 1 heterocycles. The van der Waals surface area contributed by atoms with Gasteiger partial charge in [-0.1, -0.05) is 326 Å². The van der Waals surface area contributed by atoms with Gasteiger partial charge in [-0.15, -0.1) is 0 Å². The number of aryl methyl sites for hydroxylation is 14. The first-order chi connectivity index (χ1) is 50.8. The minimum Gasteiger partial charge on any atom is -0.493 e. The number of hydrogen-bond acceptors (Lipinski definition) is 1. The van der Waals surface area contributed by atoms with E-state index in [0.717, 1.165) is 43.8 Å². The SMILES string of the molecule is Cc1c(F)c(F)c(C)c(F)c1F.Cc1cc(C)c2c(c1)CCO2.Cc1cc(C)cc(-c2cccc(-c3ccccc3)c2)c1.Cc1cc(C)cc(-c2ccccc2)c1.Cc1cc(C)cc(-c2ccccc2-c2ccccc2)c1.Cc1cc(C)cc(C(C)(C)C)c1.Cc1cccc(C)c1C.Cc1cccc(C)c1F. The topological polar surface area (TPSA) is 9.23 Å². The Morgan fingerprint density at radius 2 is 0.551 bits per heavy atom. The van der Waals surface area contributed by atoms with Crippen LogP contribution in [0.5, 0.6) is 5.75 Å². The van der Waals surface area contributed by atoms with Crippen molar-refractivity contribution in [3.05, 3.63) is 396 Å². The zero-order valence-corrected chi connectivity index (χ0v) is 66.5. The van der Waals surface area contributed by atoms with E-state index in [4.69, 9.17) is 4.74 Å². The van der Waals surface area contributed by atoms with E-state index in [1.165, 1.54) is 139 Å². The molecule has 1 aliphatic heterocycles. The maximum atomic E-state index is 12.7. The van der Waals surface area contributed by atoms with Crippen LogP contribution < -0.4 is 4.74 Å². The summed E-state index contributed by atoms with van der Waals surface area (Å²) in [5, 5.41) is 0. The van der Waals surface area contributed by atoms with Gasteiger partial charge in [-0.2, -0.15) is 0 Å². The molecule has 0 atom stereocenters. The fraction of sp³-hybridized carbons (Fsp3) is 0.228. The summed E-state index contributed by atoms with van der Waals surface area (Å²) in [4.78, 5) is 0. The van der Waals surface area contributed by atoms with E-state index in [9.17, 15) is 22.0 Å². The second-order valence-corrected chi connectivity index (χ2v) is 29.4. The quantitative estimate of drug-likeness (QED) is 0.123. The van der Waals surface area contributed by atoms with Gasteiger partial charge in [0.15, 0.2) is 23.3 Å². The molecule has 13 aromatic rings. The van der Waals surface area contributed by atoms with E-state index in [-0.39, 0.29) is 11.2 Å². The van der Waals surface area contributed by atoms with Crippen molar-refractivity contribution in [1.29, 1.82) is 0 Å². The molecule has 0 unspecified atom stereocenters. The van der Waals surface area contributed by atoms with Gasteiger partial charge in [0.2, 0.25) is 0 Å². The Bertz CT molecular complexity index is 4790. The number of benzene rings is 13. The number of rotatable bonds is 5. The van der Waals surface area contributed by atoms with Crippen molar-refractivity contribution >= 4 is 0 Å². The molecule has 107 heavy (non-hydrogen) atoms. The summed E-state index contributed by atoms with van der Waals surface area (Å²) in [7, 11) is 0. The molecule has 0 aliphatic carbocycles. The molecule has 13 aromatic carbocycles. The maximum Gasteiger partial charge on any atom is 0.165 e. The predicted molar refractivity (Wildman–Crippen MR) is 447 cm³/mol. The number of hydrogen-bond donors (Lipinski definition) is 0. The van der Waals surface area contributed by atoms with Crippen LogP contribution in [0.2, 0.25) is 0 Å². The summed E-state index contributed by atoms with van der Waals surface area (Å²) < 4.78 is 68.8. The van der Waals surface area contributed by atoms with Crippen molar-refractivity contribution in [3.63, 3.8) is 0 Å². The van der Waals surface area contributed by atoms with Crippen LogP contribution >= 0.6 is 0 Å². The Kier molecular flexibility index (Phi) is 30.9. The monoisotopic (exact) mass is 1430 g/mol. The summed E-state index contributed by atoms with van der Waals surface area (Å²) in [5.74, 6) is -4.27. The zero-order valence-electron chi connectivity index (χ0n) is 66.5. The van der Waals surface area contributed by atoms with Gasteiger partial charge in [-0.05, 0) is 229 Å². The molecule has 1 aliphatic rings. The van der Waals surface area contributed by atoms with Crippen molar-refractivity contribution in [2.75, 3.05) is 6.61 Å². The molecule has 1 nitrogen and oxygen atoms in total. The lowest BCUT2D eigenvalue weighted by Gasteiger charge is -2.20. The Morgan fingerprint density at radius 1 is 0.243 bits per heavy atom. The van der Waals surface area contributed by atoms with Gasteiger partial charge in [0.25, 0.3) is 0 Å². The molecule has 0 bridgehead atoms. The number of fused-ring (bicyclic) bond motifs is 1. The Labute approximate surface area is 636 Å². The van der Waals surface area contributed by atoms with Crippen molar-refractivity contribution < 1.29 is 26.7 Å². The average molecular weight is 1430 g/mol. The molecule has 14 rings (SSSR count). The van der Waals surface area contributed by atoms with E-state index in [0.29, 0.717) is 0 Å². The van der Waals surface area contributed by atoms with Crippen molar-refractivity contribution in [3.8, 4) is 61.4 Å². The minimum atomic E-state index is -1.33. The highest BCUT2D eigenvalue weighted by Gasteiger charge is 2.20. The molecule has 552 valence electrons. The summed E-state index contributed by atoms with van der Waals surface area (Å²) in [5.41, 5.74) is 33.5. The van der Waals surface area contributed by atoms with Gasteiger partial charge < -0.3 is 4.74 Å². The summed E-state index contributed by atoms with van der Waals surface area (Å²) >= 11 is 0. The Hall–Kier alpha value is -10.7. The largest absolute Gasteiger partial charge is 0.493 e. The first kappa shape index (κ1) is 83.6. The fourth-order valence-corrected chi connectivity index (χ4v) is 12.8. The van der Waals surface area contributed by atoms with Crippen LogP contribution in [0.3, 0.4) is 0 Å². The lowest BCUT2D eigenvalue weighted by Crippen LogP contribution is -2.11. The van der Waals surface area contributed by atoms with Crippen LogP contribution in [-0.4, -0.2) is 6.61 Å². The molecule has 0 radical (unpaired) electrons. The zero-order chi connectivity index (χ0) is 78.2. The van der Waals surface area contributed by atoms with Crippen LogP contribution in [0.4, 0.5) is 22.0 Å². The average Bonchev–Trinajstić information content (AvgIpc) is 1.62. The third-order valence-electron chi connectivity index (χ3n) is 18.6. The van der Waals surface area contributed by atoms with Gasteiger partial charge in [-0.3, -0.25) is 0 Å². The third kappa shape index (κ3) is 25.0. The van der Waals surface area contributed by atoms with E-state index in [1.807, 2.05) is 12.1 Å². The normalized spacial score (nSPS) is 10.9.